The third-order valence-corrected chi connectivity index (χ3v) is 4.27. The summed E-state index contributed by atoms with van der Waals surface area (Å²) in [5, 5.41) is 3.53. The van der Waals surface area contributed by atoms with Crippen molar-refractivity contribution < 1.29 is 9.53 Å². The molecule has 1 amide bonds. The van der Waals surface area contributed by atoms with Crippen molar-refractivity contribution >= 4 is 6.09 Å². The molecular formula is C19H30N2O2. The highest BCUT2D eigenvalue weighted by Gasteiger charge is 2.29. The Balaban J connectivity index is 1.63. The van der Waals surface area contributed by atoms with Gasteiger partial charge in [0.15, 0.2) is 0 Å². The molecule has 1 N–H and O–H groups in total. The number of amides is 1. The van der Waals surface area contributed by atoms with Crippen LogP contribution >= 0.6 is 0 Å². The molecule has 1 aliphatic carbocycles. The molecule has 2 rings (SSSR count). The summed E-state index contributed by atoms with van der Waals surface area (Å²) in [4.78, 5) is 13.5. The van der Waals surface area contributed by atoms with Crippen LogP contribution in [0.15, 0.2) is 24.3 Å². The molecule has 4 nitrogen and oxygen atoms in total. The van der Waals surface area contributed by atoms with E-state index in [9.17, 15) is 4.79 Å². The number of hydrogen-bond donors (Lipinski definition) is 1. The van der Waals surface area contributed by atoms with E-state index in [0.717, 1.165) is 6.54 Å². The first-order chi connectivity index (χ1) is 10.7. The number of likely N-dealkylation sites (N-methyl/N-ethyl adjacent to an activating group) is 1. The molecular weight excluding hydrogens is 288 g/mol. The van der Waals surface area contributed by atoms with Crippen LogP contribution in [0.3, 0.4) is 0 Å². The average molecular weight is 318 g/mol. The zero-order valence-electron chi connectivity index (χ0n) is 15.1. The van der Waals surface area contributed by atoms with Crippen molar-refractivity contribution in [3.05, 3.63) is 35.4 Å². The summed E-state index contributed by atoms with van der Waals surface area (Å²) in [6.07, 6.45) is 2.10. The molecule has 0 radical (unpaired) electrons. The van der Waals surface area contributed by atoms with Gasteiger partial charge in [-0.2, -0.15) is 0 Å². The molecule has 23 heavy (non-hydrogen) atoms. The van der Waals surface area contributed by atoms with Crippen molar-refractivity contribution in [3.8, 4) is 0 Å². The Kier molecular flexibility index (Phi) is 5.69. The van der Waals surface area contributed by atoms with Crippen molar-refractivity contribution in [2.24, 2.45) is 0 Å². The molecule has 0 aromatic heterocycles. The van der Waals surface area contributed by atoms with E-state index in [-0.39, 0.29) is 6.09 Å². The third-order valence-electron chi connectivity index (χ3n) is 4.27. The second kappa shape index (κ2) is 7.35. The molecule has 128 valence electrons. The van der Waals surface area contributed by atoms with Gasteiger partial charge >= 0.3 is 6.09 Å². The minimum atomic E-state index is -0.437. The summed E-state index contributed by atoms with van der Waals surface area (Å²) >= 11 is 0. The lowest BCUT2D eigenvalue weighted by Gasteiger charge is -2.37. The van der Waals surface area contributed by atoms with E-state index >= 15 is 0 Å². The van der Waals surface area contributed by atoms with Gasteiger partial charge in [0, 0.05) is 26.2 Å². The van der Waals surface area contributed by atoms with Gasteiger partial charge in [0.05, 0.1) is 0 Å². The first-order valence-corrected chi connectivity index (χ1v) is 8.48. The van der Waals surface area contributed by atoms with Crippen LogP contribution in [-0.4, -0.2) is 42.8 Å². The van der Waals surface area contributed by atoms with Gasteiger partial charge in [-0.25, -0.2) is 4.79 Å². The number of benzene rings is 1. The van der Waals surface area contributed by atoms with E-state index < -0.39 is 5.60 Å². The number of carbonyl (C=O) groups is 1. The molecule has 1 saturated carbocycles. The van der Waals surface area contributed by atoms with Crippen LogP contribution in [0, 0.1) is 6.92 Å². The Morgan fingerprint density at radius 3 is 2.43 bits per heavy atom. The van der Waals surface area contributed by atoms with Crippen LogP contribution in [-0.2, 0) is 4.74 Å². The van der Waals surface area contributed by atoms with Gasteiger partial charge in [0.1, 0.15) is 5.60 Å². The summed E-state index contributed by atoms with van der Waals surface area (Å²) in [5.74, 6) is 0.677. The van der Waals surface area contributed by atoms with Gasteiger partial charge in [-0.3, -0.25) is 0 Å². The van der Waals surface area contributed by atoms with E-state index in [2.05, 4.69) is 36.5 Å². The summed E-state index contributed by atoms with van der Waals surface area (Å²) in [5.41, 5.74) is 2.32. The lowest BCUT2D eigenvalue weighted by atomic mass is 9.76. The molecule has 0 bridgehead atoms. The molecule has 0 atom stereocenters. The van der Waals surface area contributed by atoms with Crippen LogP contribution in [0.4, 0.5) is 4.79 Å². The predicted octanol–water partition coefficient (Wildman–Crippen LogP) is 3.70. The number of ether oxygens (including phenoxy) is 1. The maximum Gasteiger partial charge on any atom is 0.410 e. The minimum absolute atomic E-state index is 0.259. The normalized spacial score (nSPS) is 20.7. The number of rotatable bonds is 5. The first kappa shape index (κ1) is 17.8. The summed E-state index contributed by atoms with van der Waals surface area (Å²) in [7, 11) is 1.78. The molecule has 0 aliphatic heterocycles. The molecule has 0 unspecified atom stereocenters. The van der Waals surface area contributed by atoms with Crippen LogP contribution < -0.4 is 5.32 Å². The lowest BCUT2D eigenvalue weighted by molar-refractivity contribution is 0.0298. The van der Waals surface area contributed by atoms with Crippen molar-refractivity contribution in [3.63, 3.8) is 0 Å². The number of hydrogen-bond acceptors (Lipinski definition) is 3. The van der Waals surface area contributed by atoms with Crippen LogP contribution in [0.25, 0.3) is 0 Å². The number of nitrogens with zero attached hydrogens (tertiary/aromatic N) is 1. The Morgan fingerprint density at radius 1 is 1.26 bits per heavy atom. The number of aryl methyl sites for hydroxylation is 1. The highest BCUT2D eigenvalue weighted by molar-refractivity contribution is 5.67. The molecule has 4 heteroatoms. The molecule has 0 saturated heterocycles. The first-order valence-electron chi connectivity index (χ1n) is 8.48. The van der Waals surface area contributed by atoms with Gasteiger partial charge < -0.3 is 15.0 Å². The van der Waals surface area contributed by atoms with Gasteiger partial charge in [0.25, 0.3) is 0 Å². The molecule has 1 aromatic carbocycles. The van der Waals surface area contributed by atoms with E-state index in [1.807, 2.05) is 20.8 Å². The second-order valence-corrected chi connectivity index (χ2v) is 7.63. The van der Waals surface area contributed by atoms with E-state index in [1.165, 1.54) is 24.0 Å². The third kappa shape index (κ3) is 5.54. The fraction of sp³-hybridized carbons (Fsp3) is 0.632. The monoisotopic (exact) mass is 318 g/mol. The Bertz CT molecular complexity index is 513. The second-order valence-electron chi connectivity index (χ2n) is 7.63. The van der Waals surface area contributed by atoms with Crippen LogP contribution in [0.2, 0.25) is 0 Å². The quantitative estimate of drug-likeness (QED) is 0.900. The van der Waals surface area contributed by atoms with Crippen LogP contribution in [0.1, 0.15) is 50.7 Å². The van der Waals surface area contributed by atoms with Crippen molar-refractivity contribution in [2.45, 2.75) is 58.1 Å². The number of carbonyl (C=O) groups excluding carboxylic acids is 1. The van der Waals surface area contributed by atoms with Crippen molar-refractivity contribution in [1.29, 1.82) is 0 Å². The van der Waals surface area contributed by atoms with Crippen LogP contribution in [0.5, 0.6) is 0 Å². The molecule has 0 spiro atoms. The largest absolute Gasteiger partial charge is 0.444 e. The molecule has 1 fully saturated rings. The predicted molar refractivity (Wildman–Crippen MR) is 93.8 cm³/mol. The standard InChI is InChI=1S/C19H30N2O2/c1-14-6-8-15(9-7-14)16-12-17(13-16)20-10-11-21(5)18(22)23-19(2,3)4/h6-9,16-17,20H,10-13H2,1-5H3. The maximum absolute atomic E-state index is 11.9. The molecule has 1 aromatic rings. The zero-order chi connectivity index (χ0) is 17.0. The topological polar surface area (TPSA) is 41.6 Å². The van der Waals surface area contributed by atoms with Gasteiger partial charge in [-0.05, 0) is 52.0 Å². The van der Waals surface area contributed by atoms with E-state index in [0.29, 0.717) is 18.5 Å². The fourth-order valence-corrected chi connectivity index (χ4v) is 2.76. The van der Waals surface area contributed by atoms with Crippen molar-refractivity contribution in [1.82, 2.24) is 10.2 Å². The summed E-state index contributed by atoms with van der Waals surface area (Å²) in [6, 6.07) is 9.42. The Hall–Kier alpha value is -1.55. The Labute approximate surface area is 140 Å². The maximum atomic E-state index is 11.9. The van der Waals surface area contributed by atoms with E-state index in [4.69, 9.17) is 4.74 Å². The SMILES string of the molecule is Cc1ccc(C2CC(NCCN(C)C(=O)OC(C)(C)C)C2)cc1. The highest BCUT2D eigenvalue weighted by atomic mass is 16.6. The Morgan fingerprint density at radius 2 is 1.87 bits per heavy atom. The molecule has 0 heterocycles. The van der Waals surface area contributed by atoms with Crippen molar-refractivity contribution in [2.75, 3.05) is 20.1 Å². The molecule has 1 aliphatic rings. The zero-order valence-corrected chi connectivity index (χ0v) is 15.1. The van der Waals surface area contributed by atoms with Gasteiger partial charge in [-0.1, -0.05) is 29.8 Å². The minimum Gasteiger partial charge on any atom is -0.444 e. The number of nitrogens with one attached hydrogen (secondary N) is 1. The van der Waals surface area contributed by atoms with Gasteiger partial charge in [0.2, 0.25) is 0 Å². The lowest BCUT2D eigenvalue weighted by Crippen LogP contribution is -2.44. The summed E-state index contributed by atoms with van der Waals surface area (Å²) < 4.78 is 5.34. The highest BCUT2D eigenvalue weighted by Crippen LogP contribution is 2.36. The fourth-order valence-electron chi connectivity index (χ4n) is 2.76. The summed E-state index contributed by atoms with van der Waals surface area (Å²) in [6.45, 7) is 9.25. The van der Waals surface area contributed by atoms with Gasteiger partial charge in [-0.15, -0.1) is 0 Å². The smallest absolute Gasteiger partial charge is 0.410 e. The average Bonchev–Trinajstić information content (AvgIpc) is 2.40. The van der Waals surface area contributed by atoms with E-state index in [1.54, 1.807) is 11.9 Å².